The molecule has 0 bridgehead atoms. The van der Waals surface area contributed by atoms with E-state index >= 15 is 0 Å². The molecule has 104 valence electrons. The minimum Gasteiger partial charge on any atom is -0.295 e. The largest absolute Gasteiger partial charge is 0.295 e. The molecular weight excluding hydrogens is 346 g/mol. The van der Waals surface area contributed by atoms with Gasteiger partial charge in [0.1, 0.15) is 4.60 Å². The number of nitrogens with zero attached hydrogens (tertiary/aromatic N) is 2. The number of rotatable bonds is 4. The molecule has 0 saturated heterocycles. The summed E-state index contributed by atoms with van der Waals surface area (Å²) in [7, 11) is -3.80. The van der Waals surface area contributed by atoms with Crippen molar-refractivity contribution < 1.29 is 13.2 Å². The van der Waals surface area contributed by atoms with Gasteiger partial charge < -0.3 is 0 Å². The lowest BCUT2D eigenvalue weighted by Crippen LogP contribution is -2.14. The summed E-state index contributed by atoms with van der Waals surface area (Å²) in [4.78, 5) is 19.0. The number of hydrogen-bond acceptors (Lipinski definition) is 5. The van der Waals surface area contributed by atoms with Crippen molar-refractivity contribution in [3.8, 4) is 0 Å². The normalized spacial score (nSPS) is 11.1. The van der Waals surface area contributed by atoms with Crippen LogP contribution in [0.15, 0.2) is 46.2 Å². The van der Waals surface area contributed by atoms with Crippen molar-refractivity contribution in [1.82, 2.24) is 9.97 Å². The Kier molecular flexibility index (Phi) is 4.15. The molecule has 0 unspecified atom stereocenters. The number of halogens is 1. The number of carbonyl (C=O) groups excluding carboxylic acids is 1. The Morgan fingerprint density at radius 2 is 2.00 bits per heavy atom. The van der Waals surface area contributed by atoms with Crippen molar-refractivity contribution >= 4 is 37.6 Å². The lowest BCUT2D eigenvalue weighted by Gasteiger charge is -2.07. The van der Waals surface area contributed by atoms with Gasteiger partial charge in [0.05, 0.1) is 17.3 Å². The molecule has 0 amide bonds. The Morgan fingerprint density at radius 1 is 1.25 bits per heavy atom. The Morgan fingerprint density at radius 3 is 2.60 bits per heavy atom. The molecule has 2 rings (SSSR count). The molecule has 6 nitrogen and oxygen atoms in total. The predicted octanol–water partition coefficient (Wildman–Crippen LogP) is 2.24. The molecule has 1 aromatic carbocycles. The van der Waals surface area contributed by atoms with Crippen molar-refractivity contribution in [2.45, 2.75) is 11.8 Å². The number of ketones is 1. The van der Waals surface area contributed by atoms with Crippen LogP contribution in [0, 0.1) is 0 Å². The summed E-state index contributed by atoms with van der Waals surface area (Å²) in [5.41, 5.74) is 0.328. The smallest absolute Gasteiger partial charge is 0.263 e. The molecule has 0 radical (unpaired) electrons. The van der Waals surface area contributed by atoms with Crippen molar-refractivity contribution in [1.29, 1.82) is 0 Å². The standard InChI is InChI=1S/C12H10BrN3O3S/c1-8(17)9-3-2-4-10(5-9)20(18,19)16-12-7-14-11(13)6-15-12/h2-7H,1H3,(H,15,16). The highest BCUT2D eigenvalue weighted by atomic mass is 79.9. The summed E-state index contributed by atoms with van der Waals surface area (Å²) in [6.45, 7) is 1.37. The summed E-state index contributed by atoms with van der Waals surface area (Å²) in [5, 5.41) is 0. The molecule has 0 atom stereocenters. The highest BCUT2D eigenvalue weighted by molar-refractivity contribution is 9.10. The van der Waals surface area contributed by atoms with Gasteiger partial charge in [0, 0.05) is 5.56 Å². The van der Waals surface area contributed by atoms with Gasteiger partial charge in [0.15, 0.2) is 11.6 Å². The van der Waals surface area contributed by atoms with Gasteiger partial charge in [0.2, 0.25) is 0 Å². The first-order valence-electron chi connectivity index (χ1n) is 5.50. The molecule has 1 heterocycles. The van der Waals surface area contributed by atoms with Gasteiger partial charge >= 0.3 is 0 Å². The number of nitrogens with one attached hydrogen (secondary N) is 1. The predicted molar refractivity (Wildman–Crippen MR) is 77.0 cm³/mol. The fourth-order valence-corrected chi connectivity index (χ4v) is 2.69. The van der Waals surface area contributed by atoms with E-state index in [0.717, 1.165) is 0 Å². The molecule has 0 saturated carbocycles. The maximum Gasteiger partial charge on any atom is 0.263 e. The van der Waals surface area contributed by atoms with E-state index in [0.29, 0.717) is 10.2 Å². The van der Waals surface area contributed by atoms with Crippen LogP contribution < -0.4 is 4.72 Å². The average molecular weight is 356 g/mol. The Labute approximate surface area is 124 Å². The first-order chi connectivity index (χ1) is 9.38. The molecule has 2 aromatic rings. The van der Waals surface area contributed by atoms with Crippen LogP contribution in [0.5, 0.6) is 0 Å². The third kappa shape index (κ3) is 3.40. The SMILES string of the molecule is CC(=O)c1cccc(S(=O)(=O)Nc2cnc(Br)cn2)c1. The van der Waals surface area contributed by atoms with Crippen LogP contribution in [0.3, 0.4) is 0 Å². The van der Waals surface area contributed by atoms with Gasteiger partial charge in [-0.2, -0.15) is 0 Å². The van der Waals surface area contributed by atoms with Gasteiger partial charge in [-0.25, -0.2) is 18.4 Å². The summed E-state index contributed by atoms with van der Waals surface area (Å²) < 4.78 is 27.1. The lowest BCUT2D eigenvalue weighted by atomic mass is 10.2. The monoisotopic (exact) mass is 355 g/mol. The van der Waals surface area contributed by atoms with Gasteiger partial charge in [-0.05, 0) is 35.0 Å². The maximum atomic E-state index is 12.2. The van der Waals surface area contributed by atoms with Gasteiger partial charge in [-0.3, -0.25) is 9.52 Å². The van der Waals surface area contributed by atoms with E-state index in [4.69, 9.17) is 0 Å². The molecule has 20 heavy (non-hydrogen) atoms. The summed E-state index contributed by atoms with van der Waals surface area (Å²) >= 11 is 3.11. The second kappa shape index (κ2) is 5.68. The molecule has 0 aliphatic rings. The molecule has 0 fully saturated rings. The number of hydrogen-bond donors (Lipinski definition) is 1. The Hall–Kier alpha value is -1.80. The van der Waals surface area contributed by atoms with E-state index < -0.39 is 10.0 Å². The van der Waals surface area contributed by atoms with Crippen molar-refractivity contribution in [2.24, 2.45) is 0 Å². The van der Waals surface area contributed by atoms with Gasteiger partial charge in [-0.15, -0.1) is 0 Å². The Balaban J connectivity index is 2.33. The molecule has 1 N–H and O–H groups in total. The van der Waals surface area contributed by atoms with E-state index in [2.05, 4.69) is 30.6 Å². The summed E-state index contributed by atoms with van der Waals surface area (Å²) in [6.07, 6.45) is 2.67. The topological polar surface area (TPSA) is 89.0 Å². The van der Waals surface area contributed by atoms with Crippen LogP contribution in [-0.2, 0) is 10.0 Å². The second-order valence-corrected chi connectivity index (χ2v) is 6.41. The van der Waals surface area contributed by atoms with E-state index in [1.807, 2.05) is 0 Å². The fraction of sp³-hybridized carbons (Fsp3) is 0.0833. The molecule has 0 aliphatic heterocycles. The quantitative estimate of drug-likeness (QED) is 0.849. The number of sulfonamides is 1. The third-order valence-electron chi connectivity index (χ3n) is 2.41. The van der Waals surface area contributed by atoms with Crippen LogP contribution in [0.1, 0.15) is 17.3 Å². The lowest BCUT2D eigenvalue weighted by molar-refractivity contribution is 0.101. The summed E-state index contributed by atoms with van der Waals surface area (Å²) in [5.74, 6) is -0.105. The van der Waals surface area contributed by atoms with Crippen LogP contribution in [0.4, 0.5) is 5.82 Å². The number of carbonyl (C=O) groups is 1. The minimum absolute atomic E-state index is 0.00470. The van der Waals surface area contributed by atoms with Crippen molar-refractivity contribution in [3.63, 3.8) is 0 Å². The van der Waals surface area contributed by atoms with E-state index in [1.165, 1.54) is 37.5 Å². The number of benzene rings is 1. The van der Waals surface area contributed by atoms with Crippen LogP contribution in [0.2, 0.25) is 0 Å². The molecule has 0 spiro atoms. The fourth-order valence-electron chi connectivity index (χ4n) is 1.44. The average Bonchev–Trinajstić information content (AvgIpc) is 2.41. The van der Waals surface area contributed by atoms with E-state index in [1.54, 1.807) is 6.07 Å². The van der Waals surface area contributed by atoms with Gasteiger partial charge in [0.25, 0.3) is 10.0 Å². The summed E-state index contributed by atoms with van der Waals surface area (Å²) in [6, 6.07) is 5.79. The number of anilines is 1. The van der Waals surface area contributed by atoms with Gasteiger partial charge in [-0.1, -0.05) is 12.1 Å². The highest BCUT2D eigenvalue weighted by Gasteiger charge is 2.16. The van der Waals surface area contributed by atoms with Crippen LogP contribution in [-0.4, -0.2) is 24.2 Å². The van der Waals surface area contributed by atoms with Crippen LogP contribution >= 0.6 is 15.9 Å². The van der Waals surface area contributed by atoms with Crippen molar-refractivity contribution in [2.75, 3.05) is 4.72 Å². The zero-order valence-electron chi connectivity index (χ0n) is 10.4. The minimum atomic E-state index is -3.80. The zero-order chi connectivity index (χ0) is 14.8. The number of aromatic nitrogens is 2. The van der Waals surface area contributed by atoms with E-state index in [9.17, 15) is 13.2 Å². The Bertz CT molecular complexity index is 745. The molecular formula is C12H10BrN3O3S. The highest BCUT2D eigenvalue weighted by Crippen LogP contribution is 2.16. The van der Waals surface area contributed by atoms with Crippen LogP contribution in [0.25, 0.3) is 0 Å². The van der Waals surface area contributed by atoms with Crippen molar-refractivity contribution in [3.05, 3.63) is 46.8 Å². The third-order valence-corrected chi connectivity index (χ3v) is 4.17. The molecule has 0 aliphatic carbocycles. The number of Topliss-reactive ketones (excluding diaryl/α,β-unsaturated/α-hetero) is 1. The van der Waals surface area contributed by atoms with E-state index in [-0.39, 0.29) is 16.5 Å². The molecule has 8 heteroatoms. The zero-order valence-corrected chi connectivity index (χ0v) is 12.8. The first kappa shape index (κ1) is 14.6. The maximum absolute atomic E-state index is 12.2. The molecule has 1 aromatic heterocycles. The second-order valence-electron chi connectivity index (χ2n) is 3.91. The first-order valence-corrected chi connectivity index (χ1v) is 7.77.